The van der Waals surface area contributed by atoms with E-state index >= 15 is 0 Å². The van der Waals surface area contributed by atoms with Gasteiger partial charge in [-0.25, -0.2) is 14.6 Å². The third kappa shape index (κ3) is 6.61. The Balaban J connectivity index is 1.44. The Morgan fingerprint density at radius 3 is 2.41 bits per heavy atom. The van der Waals surface area contributed by atoms with Gasteiger partial charge in [0.15, 0.2) is 5.82 Å². The molecule has 3 heterocycles. The van der Waals surface area contributed by atoms with E-state index in [1.54, 1.807) is 35.2 Å². The first-order chi connectivity index (χ1) is 19.5. The number of nitrogens with zero attached hydrogens (tertiary/aromatic N) is 5. The largest absolute Gasteiger partial charge is 0.460 e. The number of aromatic nitrogens is 4. The van der Waals surface area contributed by atoms with Crippen LogP contribution in [0.2, 0.25) is 0 Å². The highest BCUT2D eigenvalue weighted by Crippen LogP contribution is 2.33. The van der Waals surface area contributed by atoms with Gasteiger partial charge >= 0.3 is 5.97 Å². The molecule has 0 unspecified atom stereocenters. The second kappa shape index (κ2) is 11.4. The van der Waals surface area contributed by atoms with Gasteiger partial charge in [-0.2, -0.15) is 9.97 Å². The molecule has 2 aromatic heterocycles. The number of ether oxygens (including phenoxy) is 1. The van der Waals surface area contributed by atoms with Crippen LogP contribution in [0.5, 0.6) is 0 Å². The molecule has 0 bridgehead atoms. The molecular weight excluding hydrogens is 523 g/mol. The Morgan fingerprint density at radius 2 is 1.76 bits per heavy atom. The summed E-state index contributed by atoms with van der Waals surface area (Å²) < 4.78 is 20.7. The maximum absolute atomic E-state index is 13.8. The molecule has 9 nitrogen and oxygen atoms in total. The summed E-state index contributed by atoms with van der Waals surface area (Å²) in [6.07, 6.45) is 4.33. The average molecular weight is 560 g/mol. The molecule has 4 aromatic rings. The predicted octanol–water partition coefficient (Wildman–Crippen LogP) is 6.09. The van der Waals surface area contributed by atoms with Crippen molar-refractivity contribution >= 4 is 17.7 Å². The molecule has 1 aliphatic rings. The average Bonchev–Trinajstić information content (AvgIpc) is 3.40. The lowest BCUT2D eigenvalue weighted by molar-refractivity contribution is -0.166. The second-order valence-electron chi connectivity index (χ2n) is 11.5. The molecule has 1 atom stereocenters. The van der Waals surface area contributed by atoms with Gasteiger partial charge in [0.25, 0.3) is 5.82 Å². The molecule has 1 saturated heterocycles. The Labute approximate surface area is 239 Å². The lowest BCUT2D eigenvalue weighted by Crippen LogP contribution is -2.53. The highest BCUT2D eigenvalue weighted by molar-refractivity contribution is 5.73. The van der Waals surface area contributed by atoms with Crippen molar-refractivity contribution in [3.8, 4) is 17.2 Å². The van der Waals surface area contributed by atoms with Crippen LogP contribution in [0, 0.1) is 11.7 Å². The first-order valence-electron chi connectivity index (χ1n) is 13.8. The summed E-state index contributed by atoms with van der Waals surface area (Å²) in [7, 11) is 0. The van der Waals surface area contributed by atoms with Crippen LogP contribution in [-0.4, -0.2) is 49.4 Å². The SMILES string of the molecule is C[C@H](Nc1nccc(-n2cc([N+]3(O)CCC(C(=O)OC(C)(C)C)CC3)nc2-c2ccc(F)cc2)n1)c1ccccc1. The number of carbonyl (C=O) groups is 1. The molecule has 0 amide bonds. The van der Waals surface area contributed by atoms with Crippen molar-refractivity contribution < 1.29 is 19.1 Å². The second-order valence-corrected chi connectivity index (χ2v) is 11.5. The number of hydrogen-bond acceptors (Lipinski definition) is 7. The maximum atomic E-state index is 13.8. The van der Waals surface area contributed by atoms with Gasteiger partial charge < -0.3 is 10.1 Å². The van der Waals surface area contributed by atoms with Gasteiger partial charge in [0.05, 0.1) is 18.2 Å². The minimum atomic E-state index is -0.563. The fourth-order valence-electron chi connectivity index (χ4n) is 4.96. The van der Waals surface area contributed by atoms with E-state index in [1.807, 2.05) is 58.0 Å². The van der Waals surface area contributed by atoms with E-state index in [2.05, 4.69) is 10.3 Å². The van der Waals surface area contributed by atoms with Gasteiger partial charge in [0.1, 0.15) is 30.3 Å². The molecule has 214 valence electrons. The Kier molecular flexibility index (Phi) is 7.88. The zero-order valence-electron chi connectivity index (χ0n) is 23.8. The van der Waals surface area contributed by atoms with E-state index < -0.39 is 10.2 Å². The van der Waals surface area contributed by atoms with E-state index in [9.17, 15) is 14.4 Å². The number of quaternary nitrogens is 1. The molecule has 0 saturated carbocycles. The fraction of sp³-hybridized carbons (Fsp3) is 0.355. The molecular formula is C31H36FN6O3+. The van der Waals surface area contributed by atoms with Crippen LogP contribution in [0.25, 0.3) is 17.2 Å². The van der Waals surface area contributed by atoms with Crippen LogP contribution < -0.4 is 9.96 Å². The minimum Gasteiger partial charge on any atom is -0.460 e. The van der Waals surface area contributed by atoms with Gasteiger partial charge in [0, 0.05) is 24.6 Å². The van der Waals surface area contributed by atoms with Crippen molar-refractivity contribution in [3.05, 3.63) is 84.4 Å². The molecule has 1 aliphatic heterocycles. The number of halogens is 1. The highest BCUT2D eigenvalue weighted by Gasteiger charge is 2.41. The molecule has 0 radical (unpaired) electrons. The summed E-state index contributed by atoms with van der Waals surface area (Å²) in [6, 6.07) is 17.8. The van der Waals surface area contributed by atoms with Crippen molar-refractivity contribution in [3.63, 3.8) is 0 Å². The molecule has 2 N–H and O–H groups in total. The molecule has 0 aliphatic carbocycles. The molecule has 5 rings (SSSR count). The van der Waals surface area contributed by atoms with E-state index in [-0.39, 0.29) is 23.7 Å². The number of benzene rings is 2. The number of carbonyl (C=O) groups excluding carboxylic acids is 1. The number of rotatable bonds is 7. The Hall–Kier alpha value is -4.15. The summed E-state index contributed by atoms with van der Waals surface area (Å²) in [6.45, 7) is 8.18. The summed E-state index contributed by atoms with van der Waals surface area (Å²) in [5.74, 6) is 1.01. The third-order valence-electron chi connectivity index (χ3n) is 7.19. The zero-order chi connectivity index (χ0) is 29.2. The molecule has 41 heavy (non-hydrogen) atoms. The van der Waals surface area contributed by atoms with E-state index in [1.165, 1.54) is 12.1 Å². The normalized spacial score (nSPS) is 19.9. The lowest BCUT2D eigenvalue weighted by Gasteiger charge is -2.34. The molecule has 10 heteroatoms. The van der Waals surface area contributed by atoms with Crippen LogP contribution in [0.1, 0.15) is 52.1 Å². The van der Waals surface area contributed by atoms with Crippen molar-refractivity contribution in [1.29, 1.82) is 0 Å². The zero-order valence-corrected chi connectivity index (χ0v) is 23.8. The van der Waals surface area contributed by atoms with Crippen LogP contribution in [-0.2, 0) is 9.53 Å². The maximum Gasteiger partial charge on any atom is 0.309 e. The number of esters is 1. The molecule has 2 aromatic carbocycles. The topological polar surface area (TPSA) is 102 Å². The number of hydrogen-bond donors (Lipinski definition) is 2. The number of hydroxylamine groups is 2. The highest BCUT2D eigenvalue weighted by atomic mass is 19.1. The number of imidazole rings is 1. The summed E-state index contributed by atoms with van der Waals surface area (Å²) >= 11 is 0. The third-order valence-corrected chi connectivity index (χ3v) is 7.19. The van der Waals surface area contributed by atoms with Crippen molar-refractivity contribution in [2.45, 2.75) is 52.2 Å². The number of anilines is 1. The van der Waals surface area contributed by atoms with Gasteiger partial charge in [-0.1, -0.05) is 30.3 Å². The number of nitrogens with one attached hydrogen (secondary N) is 1. The standard InChI is InChI=1S/C31H36FN6O3/c1-21(22-8-6-5-7-9-22)34-30-33-17-14-26(35-30)37-20-27(36-28(37)23-10-12-25(32)13-11-23)38(40)18-15-24(16-19-38)29(39)41-31(2,3)4/h5-14,17,20-21,24,40H,15-16,18-19H2,1-4H3,(H,33,34,35)/q+1/t21-,24?,38?/m0/s1. The van der Waals surface area contributed by atoms with Gasteiger partial charge in [-0.05, 0) is 63.6 Å². The summed E-state index contributed by atoms with van der Waals surface area (Å²) in [5, 5.41) is 15.0. The van der Waals surface area contributed by atoms with Crippen molar-refractivity contribution in [2.24, 2.45) is 5.92 Å². The molecule has 1 fully saturated rings. The van der Waals surface area contributed by atoms with Crippen LogP contribution >= 0.6 is 0 Å². The van der Waals surface area contributed by atoms with E-state index in [4.69, 9.17) is 14.7 Å². The van der Waals surface area contributed by atoms with E-state index in [0.717, 1.165) is 5.56 Å². The smallest absolute Gasteiger partial charge is 0.309 e. The first-order valence-corrected chi connectivity index (χ1v) is 13.8. The fourth-order valence-corrected chi connectivity index (χ4v) is 4.96. The summed E-state index contributed by atoms with van der Waals surface area (Å²) in [5.41, 5.74) is 1.20. The Morgan fingerprint density at radius 1 is 1.07 bits per heavy atom. The van der Waals surface area contributed by atoms with E-state index in [0.29, 0.717) is 54.9 Å². The monoisotopic (exact) mass is 559 g/mol. The van der Waals surface area contributed by atoms with Crippen LogP contribution in [0.15, 0.2) is 73.1 Å². The van der Waals surface area contributed by atoms with Crippen LogP contribution in [0.3, 0.4) is 0 Å². The summed E-state index contributed by atoms with van der Waals surface area (Å²) in [4.78, 5) is 26.6. The number of piperidine rings is 1. The van der Waals surface area contributed by atoms with Crippen LogP contribution in [0.4, 0.5) is 16.2 Å². The first kappa shape index (κ1) is 28.4. The predicted molar refractivity (Wildman–Crippen MR) is 155 cm³/mol. The quantitative estimate of drug-likeness (QED) is 0.209. The lowest BCUT2D eigenvalue weighted by atomic mass is 9.96. The molecule has 0 spiro atoms. The van der Waals surface area contributed by atoms with Crippen molar-refractivity contribution in [1.82, 2.24) is 24.2 Å². The van der Waals surface area contributed by atoms with Gasteiger partial charge in [0.2, 0.25) is 5.95 Å². The van der Waals surface area contributed by atoms with Gasteiger partial charge in [-0.3, -0.25) is 9.36 Å². The Bertz CT molecular complexity index is 1490. The van der Waals surface area contributed by atoms with Gasteiger partial charge in [-0.15, -0.1) is 4.65 Å². The van der Waals surface area contributed by atoms with Crippen molar-refractivity contribution in [2.75, 3.05) is 18.4 Å². The minimum absolute atomic E-state index is 0.0288.